The second-order valence-electron chi connectivity index (χ2n) is 5.22. The van der Waals surface area contributed by atoms with E-state index in [4.69, 9.17) is 0 Å². The van der Waals surface area contributed by atoms with Crippen LogP contribution in [0.2, 0.25) is 0 Å². The van der Waals surface area contributed by atoms with Gasteiger partial charge in [0, 0.05) is 28.3 Å². The summed E-state index contributed by atoms with van der Waals surface area (Å²) in [7, 11) is -0.738. The van der Waals surface area contributed by atoms with Crippen LogP contribution >= 0.6 is 0 Å². The van der Waals surface area contributed by atoms with Gasteiger partial charge in [-0.15, -0.1) is 0 Å². The number of nitrogens with one attached hydrogen (secondary N) is 1. The zero-order chi connectivity index (χ0) is 14.3. The summed E-state index contributed by atoms with van der Waals surface area (Å²) in [5.41, 5.74) is 2.61. The molecular weight excluding hydrogens is 254 g/mol. The Morgan fingerprint density at radius 3 is 2.16 bits per heavy atom. The van der Waals surface area contributed by atoms with Gasteiger partial charge in [0.15, 0.2) is 0 Å². The van der Waals surface area contributed by atoms with Crippen molar-refractivity contribution >= 4 is 10.8 Å². The highest BCUT2D eigenvalue weighted by molar-refractivity contribution is 7.84. The van der Waals surface area contributed by atoms with Crippen LogP contribution in [-0.2, 0) is 10.8 Å². The molecule has 2 atom stereocenters. The molecule has 1 rings (SSSR count). The number of benzene rings is 1. The molecule has 0 saturated carbocycles. The van der Waals surface area contributed by atoms with Gasteiger partial charge in [-0.25, -0.2) is 0 Å². The SMILES string of the molecule is CCCNC(CS(=O)CC)c1ccc(C(C)C)cc1. The average molecular weight is 281 g/mol. The smallest absolute Gasteiger partial charge is 0.0436 e. The molecule has 0 aliphatic rings. The van der Waals surface area contributed by atoms with E-state index in [1.165, 1.54) is 11.1 Å². The molecule has 0 aromatic heterocycles. The van der Waals surface area contributed by atoms with E-state index in [9.17, 15) is 4.21 Å². The van der Waals surface area contributed by atoms with Crippen molar-refractivity contribution in [2.24, 2.45) is 0 Å². The van der Waals surface area contributed by atoms with E-state index in [0.29, 0.717) is 11.7 Å². The Labute approximate surface area is 120 Å². The molecule has 1 N–H and O–H groups in total. The van der Waals surface area contributed by atoms with Gasteiger partial charge in [-0.05, 0) is 30.0 Å². The van der Waals surface area contributed by atoms with Crippen LogP contribution in [0, 0.1) is 0 Å². The fourth-order valence-corrected chi connectivity index (χ4v) is 2.93. The lowest BCUT2D eigenvalue weighted by molar-refractivity contribution is 0.569. The molecule has 2 nitrogen and oxygen atoms in total. The van der Waals surface area contributed by atoms with Gasteiger partial charge >= 0.3 is 0 Å². The second kappa shape index (κ2) is 8.49. The van der Waals surface area contributed by atoms with E-state index in [0.717, 1.165) is 18.7 Å². The van der Waals surface area contributed by atoms with Crippen LogP contribution in [0.1, 0.15) is 57.2 Å². The summed E-state index contributed by atoms with van der Waals surface area (Å²) in [5.74, 6) is 1.99. The minimum absolute atomic E-state index is 0.210. The molecule has 0 spiro atoms. The lowest BCUT2D eigenvalue weighted by atomic mass is 9.99. The lowest BCUT2D eigenvalue weighted by Gasteiger charge is -2.19. The maximum atomic E-state index is 11.8. The molecule has 0 aliphatic carbocycles. The topological polar surface area (TPSA) is 29.1 Å². The Balaban J connectivity index is 2.80. The Morgan fingerprint density at radius 2 is 1.68 bits per heavy atom. The van der Waals surface area contributed by atoms with Crippen LogP contribution < -0.4 is 5.32 Å². The lowest BCUT2D eigenvalue weighted by Crippen LogP contribution is -2.27. The summed E-state index contributed by atoms with van der Waals surface area (Å²) in [6.07, 6.45) is 1.10. The minimum atomic E-state index is -0.738. The fraction of sp³-hybridized carbons (Fsp3) is 0.625. The summed E-state index contributed by atoms with van der Waals surface area (Å²) in [4.78, 5) is 0. The van der Waals surface area contributed by atoms with Gasteiger partial charge in [-0.2, -0.15) is 0 Å². The molecule has 0 bridgehead atoms. The number of rotatable bonds is 8. The molecule has 0 fully saturated rings. The van der Waals surface area contributed by atoms with Gasteiger partial charge in [0.05, 0.1) is 0 Å². The maximum Gasteiger partial charge on any atom is 0.0436 e. The maximum absolute atomic E-state index is 11.8. The molecule has 0 aliphatic heterocycles. The summed E-state index contributed by atoms with van der Waals surface area (Å²) in [5, 5.41) is 3.51. The van der Waals surface area contributed by atoms with Gasteiger partial charge in [0.1, 0.15) is 0 Å². The van der Waals surface area contributed by atoms with Crippen LogP contribution in [0.3, 0.4) is 0 Å². The highest BCUT2D eigenvalue weighted by Crippen LogP contribution is 2.19. The van der Waals surface area contributed by atoms with Crippen LogP contribution in [0.25, 0.3) is 0 Å². The van der Waals surface area contributed by atoms with E-state index >= 15 is 0 Å². The Hall–Kier alpha value is -0.670. The largest absolute Gasteiger partial charge is 0.309 e. The van der Waals surface area contributed by atoms with Crippen LogP contribution in [0.5, 0.6) is 0 Å². The Bertz CT molecular complexity index is 386. The summed E-state index contributed by atoms with van der Waals surface area (Å²) in [6, 6.07) is 8.94. The van der Waals surface area contributed by atoms with Crippen molar-refractivity contribution in [3.05, 3.63) is 35.4 Å². The normalized spacial score (nSPS) is 14.6. The molecule has 1 aromatic carbocycles. The standard InChI is InChI=1S/C16H27NOS/c1-5-11-17-16(12-19(18)6-2)15-9-7-14(8-10-15)13(3)4/h7-10,13,16-17H,5-6,11-12H2,1-4H3. The molecule has 0 radical (unpaired) electrons. The summed E-state index contributed by atoms with van der Waals surface area (Å²) < 4.78 is 11.8. The minimum Gasteiger partial charge on any atom is -0.309 e. The summed E-state index contributed by atoms with van der Waals surface area (Å²) >= 11 is 0. The quantitative estimate of drug-likeness (QED) is 0.788. The van der Waals surface area contributed by atoms with Gasteiger partial charge in [0.25, 0.3) is 0 Å². The Morgan fingerprint density at radius 1 is 1.11 bits per heavy atom. The predicted octanol–water partition coefficient (Wildman–Crippen LogP) is 3.62. The molecule has 19 heavy (non-hydrogen) atoms. The van der Waals surface area contributed by atoms with Crippen molar-refractivity contribution in [1.29, 1.82) is 0 Å². The summed E-state index contributed by atoms with van der Waals surface area (Å²) in [6.45, 7) is 9.51. The van der Waals surface area contributed by atoms with Crippen LogP contribution in [-0.4, -0.2) is 22.3 Å². The second-order valence-corrected chi connectivity index (χ2v) is 7.01. The monoisotopic (exact) mass is 281 g/mol. The third-order valence-electron chi connectivity index (χ3n) is 3.32. The van der Waals surface area contributed by atoms with Crippen molar-refractivity contribution in [2.45, 2.75) is 46.1 Å². The molecule has 108 valence electrons. The Kier molecular flexibility index (Phi) is 7.32. The molecule has 0 amide bonds. The van der Waals surface area contributed by atoms with Gasteiger partial charge in [0.2, 0.25) is 0 Å². The fourth-order valence-electron chi connectivity index (χ4n) is 2.01. The van der Waals surface area contributed by atoms with E-state index in [1.54, 1.807) is 0 Å². The predicted molar refractivity (Wildman–Crippen MR) is 85.1 cm³/mol. The van der Waals surface area contributed by atoms with Crippen molar-refractivity contribution in [3.63, 3.8) is 0 Å². The highest BCUT2D eigenvalue weighted by atomic mass is 32.2. The zero-order valence-corrected chi connectivity index (χ0v) is 13.4. The number of hydrogen-bond acceptors (Lipinski definition) is 2. The third kappa shape index (κ3) is 5.45. The van der Waals surface area contributed by atoms with E-state index < -0.39 is 10.8 Å². The first-order chi connectivity index (χ1) is 9.08. The van der Waals surface area contributed by atoms with Crippen LogP contribution in [0.4, 0.5) is 0 Å². The molecule has 1 aromatic rings. The molecule has 2 unspecified atom stereocenters. The first kappa shape index (κ1) is 16.4. The molecular formula is C16H27NOS. The molecule has 0 heterocycles. The van der Waals surface area contributed by atoms with E-state index in [2.05, 4.69) is 50.4 Å². The van der Waals surface area contributed by atoms with Crippen molar-refractivity contribution < 1.29 is 4.21 Å². The van der Waals surface area contributed by atoms with Gasteiger partial charge < -0.3 is 5.32 Å². The van der Waals surface area contributed by atoms with Crippen molar-refractivity contribution in [3.8, 4) is 0 Å². The van der Waals surface area contributed by atoms with E-state index in [1.807, 2.05) is 6.92 Å². The first-order valence-corrected chi connectivity index (χ1v) is 8.75. The van der Waals surface area contributed by atoms with Crippen molar-refractivity contribution in [2.75, 3.05) is 18.1 Å². The third-order valence-corrected chi connectivity index (χ3v) is 4.67. The number of hydrogen-bond donors (Lipinski definition) is 1. The highest BCUT2D eigenvalue weighted by Gasteiger charge is 2.13. The van der Waals surface area contributed by atoms with Crippen molar-refractivity contribution in [1.82, 2.24) is 5.32 Å². The van der Waals surface area contributed by atoms with Gasteiger partial charge in [-0.1, -0.05) is 52.0 Å². The van der Waals surface area contributed by atoms with Crippen LogP contribution in [0.15, 0.2) is 24.3 Å². The average Bonchev–Trinajstić information content (AvgIpc) is 2.43. The van der Waals surface area contributed by atoms with E-state index in [-0.39, 0.29) is 6.04 Å². The first-order valence-electron chi connectivity index (χ1n) is 7.26. The van der Waals surface area contributed by atoms with Gasteiger partial charge in [-0.3, -0.25) is 4.21 Å². The zero-order valence-electron chi connectivity index (χ0n) is 12.6. The molecule has 0 saturated heterocycles. The molecule has 3 heteroatoms.